The van der Waals surface area contributed by atoms with Gasteiger partial charge in [0.2, 0.25) is 0 Å². The summed E-state index contributed by atoms with van der Waals surface area (Å²) in [6.07, 6.45) is 0. The lowest BCUT2D eigenvalue weighted by Crippen LogP contribution is -2.20. The third-order valence-electron chi connectivity index (χ3n) is 2.94. The first-order valence-corrected chi connectivity index (χ1v) is 6.93. The number of aromatic nitrogens is 2. The van der Waals surface area contributed by atoms with Crippen LogP contribution in [0.15, 0.2) is 47.3 Å². The zero-order valence-corrected chi connectivity index (χ0v) is 12.4. The summed E-state index contributed by atoms with van der Waals surface area (Å²) in [5.74, 6) is 0. The van der Waals surface area contributed by atoms with E-state index in [1.807, 2.05) is 0 Å². The van der Waals surface area contributed by atoms with Crippen LogP contribution < -0.4 is 5.56 Å². The first kappa shape index (κ1) is 13.4. The molecule has 0 aliphatic carbocycles. The van der Waals surface area contributed by atoms with Gasteiger partial charge in [-0.25, -0.2) is 0 Å². The minimum Gasteiger partial charge on any atom is -0.331 e. The van der Waals surface area contributed by atoms with E-state index in [-0.39, 0.29) is 5.56 Å². The molecule has 6 heteroatoms. The van der Waals surface area contributed by atoms with Crippen molar-refractivity contribution in [2.45, 2.75) is 0 Å². The van der Waals surface area contributed by atoms with Crippen LogP contribution in [0, 0.1) is 4.77 Å². The van der Waals surface area contributed by atoms with Gasteiger partial charge in [0.05, 0.1) is 16.6 Å². The minimum absolute atomic E-state index is 0.214. The van der Waals surface area contributed by atoms with E-state index in [1.165, 1.54) is 4.57 Å². The summed E-state index contributed by atoms with van der Waals surface area (Å²) < 4.78 is 1.75. The third kappa shape index (κ3) is 2.26. The van der Waals surface area contributed by atoms with Gasteiger partial charge in [0.15, 0.2) is 4.77 Å². The number of rotatable bonds is 1. The molecule has 1 aromatic heterocycles. The molecule has 0 aliphatic heterocycles. The number of H-pyrrole nitrogens is 1. The maximum Gasteiger partial charge on any atom is 0.266 e. The van der Waals surface area contributed by atoms with Gasteiger partial charge >= 0.3 is 0 Å². The number of hydrogen-bond donors (Lipinski definition) is 1. The Bertz CT molecular complexity index is 913. The predicted octanol–water partition coefficient (Wildman–Crippen LogP) is 4.36. The van der Waals surface area contributed by atoms with Gasteiger partial charge in [-0.05, 0) is 54.7 Å². The molecular formula is C14H8Cl2N2OS. The van der Waals surface area contributed by atoms with Crippen LogP contribution in [0.25, 0.3) is 16.6 Å². The second-order valence-corrected chi connectivity index (χ2v) is 5.50. The summed E-state index contributed by atoms with van der Waals surface area (Å²) in [6.45, 7) is 0. The van der Waals surface area contributed by atoms with Gasteiger partial charge in [0.25, 0.3) is 5.56 Å². The Morgan fingerprint density at radius 3 is 2.35 bits per heavy atom. The maximum absolute atomic E-state index is 12.6. The Balaban J connectivity index is 2.39. The van der Waals surface area contributed by atoms with Crippen molar-refractivity contribution in [2.24, 2.45) is 0 Å². The second kappa shape index (κ2) is 5.05. The predicted molar refractivity (Wildman–Crippen MR) is 84.7 cm³/mol. The van der Waals surface area contributed by atoms with Crippen molar-refractivity contribution in [2.75, 3.05) is 0 Å². The summed E-state index contributed by atoms with van der Waals surface area (Å²) in [5, 5.41) is 1.59. The lowest BCUT2D eigenvalue weighted by molar-refractivity contribution is 0.940. The zero-order chi connectivity index (χ0) is 14.3. The molecule has 3 aromatic rings. The first-order chi connectivity index (χ1) is 9.56. The summed E-state index contributed by atoms with van der Waals surface area (Å²) in [5.41, 5.74) is 1.10. The van der Waals surface area contributed by atoms with E-state index in [0.717, 1.165) is 0 Å². The van der Waals surface area contributed by atoms with Crippen molar-refractivity contribution >= 4 is 46.3 Å². The summed E-state index contributed by atoms with van der Waals surface area (Å²) >= 11 is 17.1. The van der Waals surface area contributed by atoms with Crippen molar-refractivity contribution < 1.29 is 0 Å². The Morgan fingerprint density at radius 2 is 1.65 bits per heavy atom. The number of halogens is 2. The van der Waals surface area contributed by atoms with Crippen molar-refractivity contribution in [3.63, 3.8) is 0 Å². The maximum atomic E-state index is 12.6. The van der Waals surface area contributed by atoms with E-state index in [4.69, 9.17) is 35.4 Å². The van der Waals surface area contributed by atoms with Crippen LogP contribution in [0.2, 0.25) is 10.0 Å². The van der Waals surface area contributed by atoms with E-state index in [2.05, 4.69) is 4.98 Å². The molecule has 0 saturated heterocycles. The fraction of sp³-hybridized carbons (Fsp3) is 0. The third-order valence-corrected chi connectivity index (χ3v) is 3.72. The SMILES string of the molecule is O=c1c2cc(Cl)ccc2[nH]c(=S)n1-c1ccc(Cl)cc1. The average molecular weight is 323 g/mol. The number of nitrogens with one attached hydrogen (secondary N) is 1. The topological polar surface area (TPSA) is 37.8 Å². The number of fused-ring (bicyclic) bond motifs is 1. The largest absolute Gasteiger partial charge is 0.331 e. The molecule has 2 aromatic carbocycles. The summed E-state index contributed by atoms with van der Waals surface area (Å²) in [6, 6.07) is 12.0. The highest BCUT2D eigenvalue weighted by atomic mass is 35.5. The molecule has 3 nitrogen and oxygen atoms in total. The molecule has 1 heterocycles. The van der Waals surface area contributed by atoms with Crippen LogP contribution in [0.4, 0.5) is 0 Å². The monoisotopic (exact) mass is 322 g/mol. The molecule has 0 spiro atoms. The highest BCUT2D eigenvalue weighted by molar-refractivity contribution is 7.71. The van der Waals surface area contributed by atoms with Crippen LogP contribution in [-0.4, -0.2) is 9.55 Å². The highest BCUT2D eigenvalue weighted by Crippen LogP contribution is 2.17. The smallest absolute Gasteiger partial charge is 0.266 e. The molecule has 20 heavy (non-hydrogen) atoms. The van der Waals surface area contributed by atoms with Gasteiger partial charge in [-0.2, -0.15) is 0 Å². The van der Waals surface area contributed by atoms with E-state index >= 15 is 0 Å². The van der Waals surface area contributed by atoms with Crippen molar-refractivity contribution in [3.05, 3.63) is 67.6 Å². The van der Waals surface area contributed by atoms with E-state index in [0.29, 0.717) is 31.4 Å². The molecule has 0 unspecified atom stereocenters. The normalized spacial score (nSPS) is 10.9. The molecule has 0 fully saturated rings. The quantitative estimate of drug-likeness (QED) is 0.676. The molecular weight excluding hydrogens is 315 g/mol. The van der Waals surface area contributed by atoms with Crippen LogP contribution in [0.3, 0.4) is 0 Å². The standard InChI is InChI=1S/C14H8Cl2N2OS/c15-8-1-4-10(5-2-8)18-13(19)11-7-9(16)3-6-12(11)17-14(18)20/h1-7H,(H,17,20). The molecule has 1 N–H and O–H groups in total. The van der Waals surface area contributed by atoms with E-state index in [1.54, 1.807) is 42.5 Å². The van der Waals surface area contributed by atoms with Gasteiger partial charge in [-0.1, -0.05) is 23.2 Å². The molecule has 0 atom stereocenters. The van der Waals surface area contributed by atoms with Gasteiger partial charge in [0, 0.05) is 10.0 Å². The molecule has 0 radical (unpaired) electrons. The van der Waals surface area contributed by atoms with Gasteiger partial charge in [0.1, 0.15) is 0 Å². The summed E-state index contributed by atoms with van der Waals surface area (Å²) in [7, 11) is 0. The van der Waals surface area contributed by atoms with Crippen LogP contribution in [-0.2, 0) is 0 Å². The second-order valence-electron chi connectivity index (χ2n) is 4.24. The van der Waals surface area contributed by atoms with Crippen LogP contribution >= 0.6 is 35.4 Å². The number of aromatic amines is 1. The number of benzene rings is 2. The zero-order valence-electron chi connectivity index (χ0n) is 10.1. The minimum atomic E-state index is -0.214. The van der Waals surface area contributed by atoms with Crippen molar-refractivity contribution in [1.29, 1.82) is 0 Å². The molecule has 0 bridgehead atoms. The van der Waals surface area contributed by atoms with Gasteiger partial charge in [-0.3, -0.25) is 9.36 Å². The lowest BCUT2D eigenvalue weighted by atomic mass is 10.2. The Kier molecular flexibility index (Phi) is 3.38. The summed E-state index contributed by atoms with van der Waals surface area (Å²) in [4.78, 5) is 15.6. The van der Waals surface area contributed by atoms with E-state index in [9.17, 15) is 4.79 Å². The Hall–Kier alpha value is -1.62. The molecule has 100 valence electrons. The van der Waals surface area contributed by atoms with Crippen LogP contribution in [0.1, 0.15) is 0 Å². The highest BCUT2D eigenvalue weighted by Gasteiger charge is 2.08. The Morgan fingerprint density at radius 1 is 1.00 bits per heavy atom. The molecule has 3 rings (SSSR count). The molecule has 0 aliphatic rings. The van der Waals surface area contributed by atoms with Crippen LogP contribution in [0.5, 0.6) is 0 Å². The Labute approximate surface area is 129 Å². The van der Waals surface area contributed by atoms with E-state index < -0.39 is 0 Å². The average Bonchev–Trinajstić information content (AvgIpc) is 2.42. The van der Waals surface area contributed by atoms with Gasteiger partial charge < -0.3 is 4.98 Å². The van der Waals surface area contributed by atoms with Crippen molar-refractivity contribution in [1.82, 2.24) is 9.55 Å². The van der Waals surface area contributed by atoms with Crippen molar-refractivity contribution in [3.8, 4) is 5.69 Å². The molecule has 0 saturated carbocycles. The number of nitrogens with zero attached hydrogens (tertiary/aromatic N) is 1. The lowest BCUT2D eigenvalue weighted by Gasteiger charge is -2.08. The fourth-order valence-electron chi connectivity index (χ4n) is 2.01. The molecule has 0 amide bonds. The fourth-order valence-corrected chi connectivity index (χ4v) is 2.61. The van der Waals surface area contributed by atoms with Gasteiger partial charge in [-0.15, -0.1) is 0 Å². The number of hydrogen-bond acceptors (Lipinski definition) is 2. The first-order valence-electron chi connectivity index (χ1n) is 5.77.